The summed E-state index contributed by atoms with van der Waals surface area (Å²) in [5.74, 6) is -1.87. The first-order valence-corrected chi connectivity index (χ1v) is 7.06. The molecule has 2 aromatic rings. The number of alkyl halides is 3. The number of imidazole rings is 1. The zero-order valence-corrected chi connectivity index (χ0v) is 12.6. The molecule has 0 spiro atoms. The van der Waals surface area contributed by atoms with Crippen molar-refractivity contribution in [2.24, 2.45) is 0 Å². The van der Waals surface area contributed by atoms with E-state index in [1.807, 2.05) is 0 Å². The quantitative estimate of drug-likeness (QED) is 0.940. The first-order valence-electron chi connectivity index (χ1n) is 7.06. The molecular weight excluding hydrogens is 313 g/mol. The van der Waals surface area contributed by atoms with Crippen molar-refractivity contribution in [3.05, 3.63) is 35.1 Å². The second kappa shape index (κ2) is 5.39. The summed E-state index contributed by atoms with van der Waals surface area (Å²) in [5.41, 5.74) is -1.30. The van der Waals surface area contributed by atoms with E-state index in [1.165, 1.54) is 11.2 Å². The van der Waals surface area contributed by atoms with Gasteiger partial charge in [-0.15, -0.1) is 0 Å². The highest BCUT2D eigenvalue weighted by atomic mass is 19.3. The summed E-state index contributed by atoms with van der Waals surface area (Å²) in [5, 5.41) is 0. The first kappa shape index (κ1) is 15.6. The van der Waals surface area contributed by atoms with Gasteiger partial charge in [-0.1, -0.05) is 0 Å². The number of fused-ring (bicyclic) bond motifs is 1. The van der Waals surface area contributed by atoms with Crippen molar-refractivity contribution in [3.8, 4) is 0 Å². The number of H-pyrrole nitrogens is 1. The van der Waals surface area contributed by atoms with E-state index in [1.54, 1.807) is 0 Å². The Hall–Kier alpha value is -2.32. The Morgan fingerprint density at radius 1 is 1.48 bits per heavy atom. The Morgan fingerprint density at radius 3 is 2.87 bits per heavy atom. The molecule has 3 heterocycles. The van der Waals surface area contributed by atoms with Crippen molar-refractivity contribution in [1.82, 2.24) is 19.9 Å². The number of carbonyl (C=O) groups is 1. The van der Waals surface area contributed by atoms with Crippen LogP contribution in [0.15, 0.2) is 10.7 Å². The first-order chi connectivity index (χ1) is 10.8. The second-order valence-electron chi connectivity index (χ2n) is 5.81. The lowest BCUT2D eigenvalue weighted by Gasteiger charge is -2.25. The van der Waals surface area contributed by atoms with Gasteiger partial charge in [0, 0.05) is 13.0 Å². The lowest BCUT2D eigenvalue weighted by Crippen LogP contribution is -2.36. The smallest absolute Gasteiger partial charge is 0.292 e. The van der Waals surface area contributed by atoms with Crippen molar-refractivity contribution in [2.75, 3.05) is 6.54 Å². The number of hydrogen-bond acceptors (Lipinski definition) is 4. The van der Waals surface area contributed by atoms with Crippen LogP contribution in [0.2, 0.25) is 0 Å². The predicted octanol–water partition coefficient (Wildman–Crippen LogP) is 2.74. The highest BCUT2D eigenvalue weighted by Gasteiger charge is 2.35. The van der Waals surface area contributed by atoms with Crippen molar-refractivity contribution in [2.45, 2.75) is 38.9 Å². The Balaban J connectivity index is 1.92. The number of rotatable bonds is 3. The SMILES string of the molecule is CC(C)(F)c1nc(C(F)F)c(C(=O)N2CCc3nc[nH]c3C2)o1. The predicted molar refractivity (Wildman–Crippen MR) is 72.6 cm³/mol. The molecule has 0 bridgehead atoms. The standard InChI is InChI=1S/C14H15F3N4O2/c1-14(2,17)13-20-9(11(15)16)10(23-13)12(22)21-4-3-7-8(5-21)19-6-18-7/h6,11H,3-5H2,1-2H3,(H,18,19). The van der Waals surface area contributed by atoms with Crippen LogP contribution in [0, 0.1) is 0 Å². The molecule has 0 saturated carbocycles. The lowest BCUT2D eigenvalue weighted by atomic mass is 10.1. The van der Waals surface area contributed by atoms with Crippen LogP contribution in [-0.2, 0) is 18.6 Å². The Labute approximate surface area is 129 Å². The van der Waals surface area contributed by atoms with Gasteiger partial charge in [-0.05, 0) is 13.8 Å². The maximum atomic E-state index is 13.9. The molecule has 0 aliphatic carbocycles. The number of hydrogen-bond donors (Lipinski definition) is 1. The average Bonchev–Trinajstić information content (AvgIpc) is 3.11. The molecule has 0 fully saturated rings. The van der Waals surface area contributed by atoms with Gasteiger partial charge in [0.05, 0.1) is 24.3 Å². The highest BCUT2D eigenvalue weighted by Crippen LogP contribution is 2.31. The van der Waals surface area contributed by atoms with E-state index in [0.29, 0.717) is 13.0 Å². The van der Waals surface area contributed by atoms with Crippen LogP contribution in [0.5, 0.6) is 0 Å². The van der Waals surface area contributed by atoms with Crippen LogP contribution >= 0.6 is 0 Å². The third-order valence-corrected chi connectivity index (χ3v) is 3.63. The summed E-state index contributed by atoms with van der Waals surface area (Å²) in [7, 11) is 0. The molecule has 1 amide bonds. The van der Waals surface area contributed by atoms with Crippen LogP contribution in [0.3, 0.4) is 0 Å². The molecule has 124 valence electrons. The van der Waals surface area contributed by atoms with Crippen molar-refractivity contribution in [3.63, 3.8) is 0 Å². The normalized spacial score (nSPS) is 15.1. The fraction of sp³-hybridized carbons (Fsp3) is 0.500. The minimum atomic E-state index is -3.03. The van der Waals surface area contributed by atoms with Gasteiger partial charge < -0.3 is 14.3 Å². The molecule has 2 aromatic heterocycles. The molecule has 0 unspecified atom stereocenters. The minimum Gasteiger partial charge on any atom is -0.431 e. The summed E-state index contributed by atoms with van der Waals surface area (Å²) in [6, 6.07) is 0. The van der Waals surface area contributed by atoms with E-state index in [-0.39, 0.29) is 6.54 Å². The van der Waals surface area contributed by atoms with Crippen molar-refractivity contribution >= 4 is 5.91 Å². The minimum absolute atomic E-state index is 0.200. The number of amides is 1. The number of aromatic nitrogens is 3. The number of aromatic amines is 1. The van der Waals surface area contributed by atoms with Gasteiger partial charge in [0.25, 0.3) is 12.3 Å². The fourth-order valence-corrected chi connectivity index (χ4v) is 2.42. The van der Waals surface area contributed by atoms with Crippen LogP contribution in [-0.4, -0.2) is 32.3 Å². The molecule has 0 atom stereocenters. The lowest BCUT2D eigenvalue weighted by molar-refractivity contribution is 0.0674. The van der Waals surface area contributed by atoms with Gasteiger partial charge in [0.1, 0.15) is 0 Å². The van der Waals surface area contributed by atoms with Crippen LogP contribution < -0.4 is 0 Å². The van der Waals surface area contributed by atoms with E-state index in [9.17, 15) is 18.0 Å². The van der Waals surface area contributed by atoms with Gasteiger partial charge in [-0.25, -0.2) is 23.1 Å². The van der Waals surface area contributed by atoms with E-state index in [4.69, 9.17) is 4.42 Å². The van der Waals surface area contributed by atoms with E-state index < -0.39 is 35.3 Å². The summed E-state index contributed by atoms with van der Waals surface area (Å²) in [4.78, 5) is 24.3. The van der Waals surface area contributed by atoms with Crippen LogP contribution in [0.4, 0.5) is 13.2 Å². The largest absolute Gasteiger partial charge is 0.431 e. The summed E-state index contributed by atoms with van der Waals surface area (Å²) in [6.07, 6.45) is -1.01. The maximum absolute atomic E-state index is 13.9. The highest BCUT2D eigenvalue weighted by molar-refractivity contribution is 5.92. The third kappa shape index (κ3) is 2.82. The topological polar surface area (TPSA) is 75.0 Å². The third-order valence-electron chi connectivity index (χ3n) is 3.63. The molecule has 0 saturated heterocycles. The molecule has 3 rings (SSSR count). The molecule has 6 nitrogen and oxygen atoms in total. The molecule has 1 aliphatic rings. The van der Waals surface area contributed by atoms with Gasteiger partial charge >= 0.3 is 0 Å². The Morgan fingerprint density at radius 2 is 2.22 bits per heavy atom. The molecule has 1 aliphatic heterocycles. The van der Waals surface area contributed by atoms with Crippen LogP contribution in [0.25, 0.3) is 0 Å². The number of nitrogens with zero attached hydrogens (tertiary/aromatic N) is 3. The second-order valence-corrected chi connectivity index (χ2v) is 5.81. The van der Waals surface area contributed by atoms with E-state index in [0.717, 1.165) is 25.2 Å². The van der Waals surface area contributed by atoms with Gasteiger partial charge in [0.15, 0.2) is 11.4 Å². The Bertz CT molecular complexity index is 733. The number of oxazole rings is 1. The van der Waals surface area contributed by atoms with Crippen molar-refractivity contribution in [1.29, 1.82) is 0 Å². The molecule has 23 heavy (non-hydrogen) atoms. The van der Waals surface area contributed by atoms with Crippen molar-refractivity contribution < 1.29 is 22.4 Å². The summed E-state index contributed by atoms with van der Waals surface area (Å²) >= 11 is 0. The average molecular weight is 328 g/mol. The molecular formula is C14H15F3N4O2. The summed E-state index contributed by atoms with van der Waals surface area (Å²) < 4.78 is 45.2. The molecule has 1 N–H and O–H groups in total. The van der Waals surface area contributed by atoms with Crippen LogP contribution in [0.1, 0.15) is 53.8 Å². The number of carbonyl (C=O) groups excluding carboxylic acids is 1. The summed E-state index contributed by atoms with van der Waals surface area (Å²) in [6.45, 7) is 2.76. The van der Waals surface area contributed by atoms with Gasteiger partial charge in [0.2, 0.25) is 11.7 Å². The maximum Gasteiger partial charge on any atom is 0.292 e. The van der Waals surface area contributed by atoms with Gasteiger partial charge in [-0.2, -0.15) is 0 Å². The fourth-order valence-electron chi connectivity index (χ4n) is 2.42. The zero-order chi connectivity index (χ0) is 16.8. The van der Waals surface area contributed by atoms with E-state index in [2.05, 4.69) is 15.0 Å². The van der Waals surface area contributed by atoms with Gasteiger partial charge in [-0.3, -0.25) is 4.79 Å². The number of halogens is 3. The molecule has 0 radical (unpaired) electrons. The van der Waals surface area contributed by atoms with E-state index >= 15 is 0 Å². The monoisotopic (exact) mass is 328 g/mol. The number of nitrogens with one attached hydrogen (secondary N) is 1. The molecule has 9 heteroatoms. The Kier molecular flexibility index (Phi) is 3.65. The molecule has 0 aromatic carbocycles. The zero-order valence-electron chi connectivity index (χ0n) is 12.6.